The van der Waals surface area contributed by atoms with Crippen LogP contribution >= 0.6 is 0 Å². The molecule has 1 atom stereocenters. The molecule has 4 nitrogen and oxygen atoms in total. The standard InChI is InChI=1S/C11H14N2O2/c1-2-14-10-4-3-5-11(6-10)15-8-9(13)7-12/h3-6,9H,2,8,13H2,1H3. The Bertz CT molecular complexity index is 347. The number of ether oxygens (including phenoxy) is 2. The van der Waals surface area contributed by atoms with Gasteiger partial charge in [-0.05, 0) is 19.1 Å². The molecule has 0 amide bonds. The number of benzene rings is 1. The van der Waals surface area contributed by atoms with Gasteiger partial charge >= 0.3 is 0 Å². The first-order valence-electron chi connectivity index (χ1n) is 4.77. The van der Waals surface area contributed by atoms with Gasteiger partial charge in [0.15, 0.2) is 0 Å². The molecule has 1 aromatic carbocycles. The Morgan fingerprint density at radius 1 is 1.40 bits per heavy atom. The van der Waals surface area contributed by atoms with Crippen LogP contribution in [0.1, 0.15) is 6.92 Å². The summed E-state index contributed by atoms with van der Waals surface area (Å²) in [5, 5.41) is 8.47. The van der Waals surface area contributed by atoms with E-state index < -0.39 is 6.04 Å². The van der Waals surface area contributed by atoms with Crippen molar-refractivity contribution in [2.24, 2.45) is 5.73 Å². The van der Waals surface area contributed by atoms with E-state index >= 15 is 0 Å². The van der Waals surface area contributed by atoms with Gasteiger partial charge < -0.3 is 15.2 Å². The minimum atomic E-state index is -0.597. The Morgan fingerprint density at radius 3 is 2.67 bits per heavy atom. The van der Waals surface area contributed by atoms with Crippen LogP contribution in [-0.4, -0.2) is 19.3 Å². The lowest BCUT2D eigenvalue weighted by Gasteiger charge is -2.08. The molecule has 1 aromatic rings. The Morgan fingerprint density at radius 2 is 2.07 bits per heavy atom. The summed E-state index contributed by atoms with van der Waals surface area (Å²) in [7, 11) is 0. The van der Waals surface area contributed by atoms with Crippen molar-refractivity contribution in [3.05, 3.63) is 24.3 Å². The number of nitrogens with zero attached hydrogens (tertiary/aromatic N) is 1. The zero-order valence-electron chi connectivity index (χ0n) is 8.64. The summed E-state index contributed by atoms with van der Waals surface area (Å²) < 4.78 is 10.6. The summed E-state index contributed by atoms with van der Waals surface area (Å²) in [5.74, 6) is 1.41. The van der Waals surface area contributed by atoms with Gasteiger partial charge in [0.25, 0.3) is 0 Å². The third kappa shape index (κ3) is 3.88. The maximum Gasteiger partial charge on any atom is 0.127 e. The van der Waals surface area contributed by atoms with Gasteiger partial charge in [0.1, 0.15) is 24.1 Å². The van der Waals surface area contributed by atoms with Crippen molar-refractivity contribution in [2.75, 3.05) is 13.2 Å². The molecule has 0 aliphatic carbocycles. The van der Waals surface area contributed by atoms with Crippen molar-refractivity contribution in [1.82, 2.24) is 0 Å². The minimum absolute atomic E-state index is 0.187. The molecule has 0 bridgehead atoms. The third-order valence-corrected chi connectivity index (χ3v) is 1.71. The second-order valence-electron chi connectivity index (χ2n) is 2.95. The van der Waals surface area contributed by atoms with Crippen molar-refractivity contribution < 1.29 is 9.47 Å². The lowest BCUT2D eigenvalue weighted by molar-refractivity contribution is 0.302. The summed E-state index contributed by atoms with van der Waals surface area (Å²) in [5.41, 5.74) is 5.40. The minimum Gasteiger partial charge on any atom is -0.494 e. The molecule has 0 heterocycles. The zero-order chi connectivity index (χ0) is 11.1. The molecular formula is C11H14N2O2. The number of hydrogen-bond donors (Lipinski definition) is 1. The van der Waals surface area contributed by atoms with Gasteiger partial charge in [-0.15, -0.1) is 0 Å². The summed E-state index contributed by atoms with van der Waals surface area (Å²) in [6.45, 7) is 2.71. The monoisotopic (exact) mass is 206 g/mol. The fourth-order valence-electron chi connectivity index (χ4n) is 1.04. The molecular weight excluding hydrogens is 192 g/mol. The maximum atomic E-state index is 8.47. The number of nitriles is 1. The molecule has 0 aromatic heterocycles. The van der Waals surface area contributed by atoms with E-state index in [1.807, 2.05) is 25.1 Å². The summed E-state index contributed by atoms with van der Waals surface area (Å²) in [6, 6.07) is 8.55. The van der Waals surface area contributed by atoms with Crippen LogP contribution in [0, 0.1) is 11.3 Å². The molecule has 4 heteroatoms. The molecule has 0 radical (unpaired) electrons. The van der Waals surface area contributed by atoms with Gasteiger partial charge in [-0.2, -0.15) is 5.26 Å². The SMILES string of the molecule is CCOc1cccc(OCC(N)C#N)c1. The normalized spacial score (nSPS) is 11.5. The average Bonchev–Trinajstić information content (AvgIpc) is 2.27. The highest BCUT2D eigenvalue weighted by Gasteiger charge is 2.01. The summed E-state index contributed by atoms with van der Waals surface area (Å²) in [4.78, 5) is 0. The van der Waals surface area contributed by atoms with Crippen molar-refractivity contribution in [2.45, 2.75) is 13.0 Å². The predicted molar refractivity (Wildman–Crippen MR) is 56.7 cm³/mol. The van der Waals surface area contributed by atoms with Gasteiger partial charge in [0.05, 0.1) is 12.7 Å². The molecule has 0 saturated carbocycles. The molecule has 15 heavy (non-hydrogen) atoms. The Balaban J connectivity index is 2.54. The van der Waals surface area contributed by atoms with Crippen molar-refractivity contribution in [3.8, 4) is 17.6 Å². The highest BCUT2D eigenvalue weighted by atomic mass is 16.5. The van der Waals surface area contributed by atoms with E-state index in [-0.39, 0.29) is 6.61 Å². The quantitative estimate of drug-likeness (QED) is 0.788. The fourth-order valence-corrected chi connectivity index (χ4v) is 1.04. The molecule has 0 fully saturated rings. The van der Waals surface area contributed by atoms with E-state index in [9.17, 15) is 0 Å². The summed E-state index contributed by atoms with van der Waals surface area (Å²) >= 11 is 0. The van der Waals surface area contributed by atoms with E-state index in [0.29, 0.717) is 12.4 Å². The third-order valence-electron chi connectivity index (χ3n) is 1.71. The first kappa shape index (κ1) is 11.3. The van der Waals surface area contributed by atoms with Crippen LogP contribution in [0.3, 0.4) is 0 Å². The second kappa shape index (κ2) is 5.89. The van der Waals surface area contributed by atoms with Crippen molar-refractivity contribution in [1.29, 1.82) is 5.26 Å². The van der Waals surface area contributed by atoms with Gasteiger partial charge in [0, 0.05) is 6.07 Å². The van der Waals surface area contributed by atoms with E-state index in [0.717, 1.165) is 5.75 Å². The summed E-state index contributed by atoms with van der Waals surface area (Å²) in [6.07, 6.45) is 0. The van der Waals surface area contributed by atoms with Crippen LogP contribution in [0.2, 0.25) is 0 Å². The highest BCUT2D eigenvalue weighted by molar-refractivity contribution is 5.32. The Labute approximate surface area is 89.2 Å². The van der Waals surface area contributed by atoms with Gasteiger partial charge in [0.2, 0.25) is 0 Å². The van der Waals surface area contributed by atoms with E-state index in [4.69, 9.17) is 20.5 Å². The molecule has 0 aliphatic heterocycles. The van der Waals surface area contributed by atoms with E-state index in [2.05, 4.69) is 0 Å². The molecule has 2 N–H and O–H groups in total. The molecule has 80 valence electrons. The second-order valence-corrected chi connectivity index (χ2v) is 2.95. The van der Waals surface area contributed by atoms with Crippen molar-refractivity contribution in [3.63, 3.8) is 0 Å². The van der Waals surface area contributed by atoms with E-state index in [1.165, 1.54) is 0 Å². The molecule has 0 aliphatic rings. The van der Waals surface area contributed by atoms with Crippen LogP contribution in [0.25, 0.3) is 0 Å². The molecule has 1 unspecified atom stereocenters. The Hall–Kier alpha value is -1.73. The molecule has 0 saturated heterocycles. The van der Waals surface area contributed by atoms with E-state index in [1.54, 1.807) is 12.1 Å². The highest BCUT2D eigenvalue weighted by Crippen LogP contribution is 2.19. The first-order valence-corrected chi connectivity index (χ1v) is 4.77. The van der Waals surface area contributed by atoms with Crippen LogP contribution in [0.5, 0.6) is 11.5 Å². The number of nitrogens with two attached hydrogens (primary N) is 1. The van der Waals surface area contributed by atoms with Gasteiger partial charge in [-0.1, -0.05) is 6.07 Å². The first-order chi connectivity index (χ1) is 7.26. The average molecular weight is 206 g/mol. The van der Waals surface area contributed by atoms with Gasteiger partial charge in [-0.25, -0.2) is 0 Å². The fraction of sp³-hybridized carbons (Fsp3) is 0.364. The zero-order valence-corrected chi connectivity index (χ0v) is 8.64. The van der Waals surface area contributed by atoms with Crippen molar-refractivity contribution >= 4 is 0 Å². The smallest absolute Gasteiger partial charge is 0.127 e. The van der Waals surface area contributed by atoms with Crippen LogP contribution in [-0.2, 0) is 0 Å². The number of rotatable bonds is 5. The predicted octanol–water partition coefficient (Wildman–Crippen LogP) is 1.31. The lowest BCUT2D eigenvalue weighted by atomic mass is 10.3. The molecule has 1 rings (SSSR count). The molecule has 0 spiro atoms. The largest absolute Gasteiger partial charge is 0.494 e. The van der Waals surface area contributed by atoms with Gasteiger partial charge in [-0.3, -0.25) is 0 Å². The van der Waals surface area contributed by atoms with Crippen LogP contribution in [0.4, 0.5) is 0 Å². The maximum absolute atomic E-state index is 8.47. The lowest BCUT2D eigenvalue weighted by Crippen LogP contribution is -2.25. The number of hydrogen-bond acceptors (Lipinski definition) is 4. The Kier molecular flexibility index (Phi) is 4.45. The topological polar surface area (TPSA) is 68.3 Å². The van der Waals surface area contributed by atoms with Crippen LogP contribution < -0.4 is 15.2 Å². The van der Waals surface area contributed by atoms with Crippen LogP contribution in [0.15, 0.2) is 24.3 Å².